The maximum absolute atomic E-state index is 11.5. The molecular formula is C16H24N4O. The van der Waals surface area contributed by atoms with Crippen molar-refractivity contribution in [2.75, 3.05) is 27.2 Å². The summed E-state index contributed by atoms with van der Waals surface area (Å²) in [6.45, 7) is 2.12. The Labute approximate surface area is 126 Å². The van der Waals surface area contributed by atoms with Crippen LogP contribution in [0.2, 0.25) is 0 Å². The van der Waals surface area contributed by atoms with Gasteiger partial charge in [-0.05, 0) is 18.4 Å². The lowest BCUT2D eigenvalue weighted by Gasteiger charge is -2.22. The topological polar surface area (TPSA) is 56.7 Å². The van der Waals surface area contributed by atoms with E-state index >= 15 is 0 Å². The van der Waals surface area contributed by atoms with Crippen LogP contribution in [0.25, 0.3) is 0 Å². The minimum atomic E-state index is 0.185. The van der Waals surface area contributed by atoms with Crippen LogP contribution in [0.5, 0.6) is 0 Å². The largest absolute Gasteiger partial charge is 0.354 e. The highest BCUT2D eigenvalue weighted by Crippen LogP contribution is 2.28. The molecule has 1 aliphatic carbocycles. The molecule has 2 rings (SSSR count). The number of guanidine groups is 1. The van der Waals surface area contributed by atoms with Gasteiger partial charge < -0.3 is 15.5 Å². The fourth-order valence-electron chi connectivity index (χ4n) is 2.17. The van der Waals surface area contributed by atoms with Crippen LogP contribution in [0.4, 0.5) is 0 Å². The SMILES string of the molecule is CN=C(NCCNC(=O)C1CC1)N(C)Cc1ccccc1. The number of hydrogen-bond donors (Lipinski definition) is 2. The van der Waals surface area contributed by atoms with Crippen LogP contribution in [-0.2, 0) is 11.3 Å². The Hall–Kier alpha value is -2.04. The second-order valence-electron chi connectivity index (χ2n) is 5.38. The predicted octanol–water partition coefficient (Wildman–Crippen LogP) is 1.22. The molecule has 0 heterocycles. The van der Waals surface area contributed by atoms with Gasteiger partial charge in [0.2, 0.25) is 5.91 Å². The summed E-state index contributed by atoms with van der Waals surface area (Å²) in [5.41, 5.74) is 1.24. The zero-order chi connectivity index (χ0) is 15.1. The van der Waals surface area contributed by atoms with E-state index in [-0.39, 0.29) is 11.8 Å². The number of nitrogens with zero attached hydrogens (tertiary/aromatic N) is 2. The highest BCUT2D eigenvalue weighted by Gasteiger charge is 2.28. The number of hydrogen-bond acceptors (Lipinski definition) is 2. The van der Waals surface area contributed by atoms with E-state index in [4.69, 9.17) is 0 Å². The molecule has 0 atom stereocenters. The first-order chi connectivity index (χ1) is 10.2. The van der Waals surface area contributed by atoms with Crippen molar-refractivity contribution in [3.63, 3.8) is 0 Å². The molecule has 5 heteroatoms. The Morgan fingerprint density at radius 2 is 1.90 bits per heavy atom. The van der Waals surface area contributed by atoms with Gasteiger partial charge in [-0.2, -0.15) is 0 Å². The summed E-state index contributed by atoms with van der Waals surface area (Å²) in [7, 11) is 3.78. The average molecular weight is 288 g/mol. The third-order valence-electron chi connectivity index (χ3n) is 3.49. The first kappa shape index (κ1) is 15.4. The molecule has 0 unspecified atom stereocenters. The first-order valence-electron chi connectivity index (χ1n) is 7.44. The summed E-state index contributed by atoms with van der Waals surface area (Å²) in [5, 5.41) is 6.20. The van der Waals surface area contributed by atoms with E-state index in [0.29, 0.717) is 13.1 Å². The molecular weight excluding hydrogens is 264 g/mol. The third-order valence-corrected chi connectivity index (χ3v) is 3.49. The average Bonchev–Trinajstić information content (AvgIpc) is 3.32. The van der Waals surface area contributed by atoms with Gasteiger partial charge >= 0.3 is 0 Å². The summed E-state index contributed by atoms with van der Waals surface area (Å²) in [6.07, 6.45) is 2.08. The Morgan fingerprint density at radius 3 is 2.52 bits per heavy atom. The highest BCUT2D eigenvalue weighted by atomic mass is 16.2. The van der Waals surface area contributed by atoms with Crippen molar-refractivity contribution < 1.29 is 4.79 Å². The highest BCUT2D eigenvalue weighted by molar-refractivity contribution is 5.81. The standard InChI is InChI=1S/C16H24N4O/c1-17-16(19-11-10-18-15(21)14-8-9-14)20(2)12-13-6-4-3-5-7-13/h3-7,14H,8-12H2,1-2H3,(H,17,19)(H,18,21). The van der Waals surface area contributed by atoms with E-state index < -0.39 is 0 Å². The van der Waals surface area contributed by atoms with Crippen molar-refractivity contribution in [3.8, 4) is 0 Å². The lowest BCUT2D eigenvalue weighted by atomic mass is 10.2. The molecule has 114 valence electrons. The van der Waals surface area contributed by atoms with E-state index in [1.807, 2.05) is 25.2 Å². The molecule has 1 saturated carbocycles. The van der Waals surface area contributed by atoms with Crippen LogP contribution in [0.3, 0.4) is 0 Å². The number of amides is 1. The molecule has 5 nitrogen and oxygen atoms in total. The molecule has 0 saturated heterocycles. The Balaban J connectivity index is 1.70. The Kier molecular flexibility index (Phi) is 5.60. The van der Waals surface area contributed by atoms with Gasteiger partial charge in [-0.25, -0.2) is 0 Å². The van der Waals surface area contributed by atoms with Crippen molar-refractivity contribution in [2.45, 2.75) is 19.4 Å². The number of nitrogens with one attached hydrogen (secondary N) is 2. The normalized spacial score (nSPS) is 14.7. The van der Waals surface area contributed by atoms with Gasteiger partial charge in [0, 0.05) is 39.6 Å². The molecule has 1 aromatic carbocycles. The van der Waals surface area contributed by atoms with Crippen LogP contribution in [0, 0.1) is 5.92 Å². The molecule has 1 aliphatic rings. The van der Waals surface area contributed by atoms with E-state index in [1.165, 1.54) is 5.56 Å². The van der Waals surface area contributed by atoms with Gasteiger partial charge in [-0.15, -0.1) is 0 Å². The van der Waals surface area contributed by atoms with E-state index in [0.717, 1.165) is 25.3 Å². The Bertz CT molecular complexity index is 482. The molecule has 1 amide bonds. The van der Waals surface area contributed by atoms with Crippen molar-refractivity contribution in [2.24, 2.45) is 10.9 Å². The number of benzene rings is 1. The molecule has 0 radical (unpaired) electrons. The maximum atomic E-state index is 11.5. The van der Waals surface area contributed by atoms with Gasteiger partial charge in [0.05, 0.1) is 0 Å². The van der Waals surface area contributed by atoms with Gasteiger partial charge in [0.15, 0.2) is 5.96 Å². The molecule has 21 heavy (non-hydrogen) atoms. The monoisotopic (exact) mass is 288 g/mol. The van der Waals surface area contributed by atoms with E-state index in [2.05, 4.69) is 32.7 Å². The third kappa shape index (κ3) is 5.10. The van der Waals surface area contributed by atoms with Crippen molar-refractivity contribution in [1.29, 1.82) is 0 Å². The van der Waals surface area contributed by atoms with Gasteiger partial charge in [0.1, 0.15) is 0 Å². The fraction of sp³-hybridized carbons (Fsp3) is 0.500. The molecule has 0 aromatic heterocycles. The predicted molar refractivity (Wildman–Crippen MR) is 85.0 cm³/mol. The van der Waals surface area contributed by atoms with Crippen LogP contribution >= 0.6 is 0 Å². The number of carbonyl (C=O) groups excluding carboxylic acids is 1. The molecule has 1 aromatic rings. The van der Waals surface area contributed by atoms with Crippen LogP contribution in [0.15, 0.2) is 35.3 Å². The van der Waals surface area contributed by atoms with E-state index in [1.54, 1.807) is 7.05 Å². The lowest BCUT2D eigenvalue weighted by molar-refractivity contribution is -0.122. The minimum Gasteiger partial charge on any atom is -0.354 e. The van der Waals surface area contributed by atoms with Gasteiger partial charge in [-0.3, -0.25) is 9.79 Å². The fourth-order valence-corrected chi connectivity index (χ4v) is 2.17. The van der Waals surface area contributed by atoms with Crippen molar-refractivity contribution >= 4 is 11.9 Å². The molecule has 0 bridgehead atoms. The zero-order valence-electron chi connectivity index (χ0n) is 12.8. The van der Waals surface area contributed by atoms with Gasteiger partial charge in [0.25, 0.3) is 0 Å². The van der Waals surface area contributed by atoms with Crippen molar-refractivity contribution in [3.05, 3.63) is 35.9 Å². The molecule has 0 aliphatic heterocycles. The van der Waals surface area contributed by atoms with E-state index in [9.17, 15) is 4.79 Å². The number of rotatable bonds is 6. The van der Waals surface area contributed by atoms with Gasteiger partial charge in [-0.1, -0.05) is 30.3 Å². The van der Waals surface area contributed by atoms with Crippen LogP contribution in [-0.4, -0.2) is 44.0 Å². The second kappa shape index (κ2) is 7.67. The maximum Gasteiger partial charge on any atom is 0.223 e. The quantitative estimate of drug-likeness (QED) is 0.470. The van der Waals surface area contributed by atoms with Crippen LogP contribution < -0.4 is 10.6 Å². The molecule has 1 fully saturated rings. The second-order valence-corrected chi connectivity index (χ2v) is 5.38. The summed E-state index contributed by atoms with van der Waals surface area (Å²) in [4.78, 5) is 17.8. The minimum absolute atomic E-state index is 0.185. The summed E-state index contributed by atoms with van der Waals surface area (Å²) >= 11 is 0. The van der Waals surface area contributed by atoms with Crippen LogP contribution in [0.1, 0.15) is 18.4 Å². The number of aliphatic imine (C=N–C) groups is 1. The summed E-state index contributed by atoms with van der Waals surface area (Å²) < 4.78 is 0. The Morgan fingerprint density at radius 1 is 1.24 bits per heavy atom. The molecule has 0 spiro atoms. The first-order valence-corrected chi connectivity index (χ1v) is 7.44. The van der Waals surface area contributed by atoms with Crippen molar-refractivity contribution in [1.82, 2.24) is 15.5 Å². The summed E-state index contributed by atoms with van der Waals surface area (Å²) in [6, 6.07) is 10.3. The number of carbonyl (C=O) groups is 1. The molecule has 2 N–H and O–H groups in total. The lowest BCUT2D eigenvalue weighted by Crippen LogP contribution is -2.42. The zero-order valence-corrected chi connectivity index (χ0v) is 12.8. The summed E-state index contributed by atoms with van der Waals surface area (Å²) in [5.74, 6) is 1.29. The smallest absolute Gasteiger partial charge is 0.223 e.